The van der Waals surface area contributed by atoms with E-state index in [-0.39, 0.29) is 0 Å². The third-order valence-corrected chi connectivity index (χ3v) is 4.79. The molecule has 33 heavy (non-hydrogen) atoms. The van der Waals surface area contributed by atoms with Gasteiger partial charge < -0.3 is 62.5 Å². The van der Waals surface area contributed by atoms with E-state index in [4.69, 9.17) is 11.5 Å². The van der Waals surface area contributed by atoms with Gasteiger partial charge in [0.15, 0.2) is 6.67 Å². The van der Waals surface area contributed by atoms with Crippen LogP contribution in [-0.2, 0) is 19.2 Å². The zero-order chi connectivity index (χ0) is 26.4. The number of hydrogen-bond donors (Lipinski definition) is 6. The number of carboxylic acids is 4. The van der Waals surface area contributed by atoms with Gasteiger partial charge in [-0.05, 0) is 75.0 Å². The fraction of sp³-hybridized carbons (Fsp3) is 0.789. The van der Waals surface area contributed by atoms with Gasteiger partial charge >= 0.3 is 0 Å². The molecule has 2 rings (SSSR count). The molecule has 2 aliphatic rings. The van der Waals surface area contributed by atoms with E-state index in [1.54, 1.807) is 0 Å². The van der Waals surface area contributed by atoms with E-state index in [9.17, 15) is 39.6 Å². The van der Waals surface area contributed by atoms with Crippen LogP contribution in [0.15, 0.2) is 0 Å². The summed E-state index contributed by atoms with van der Waals surface area (Å²) in [5.74, 6) is -6.08. The first-order valence-electron chi connectivity index (χ1n) is 10.9. The molecule has 14 heteroatoms. The van der Waals surface area contributed by atoms with Crippen molar-refractivity contribution in [2.45, 2.75) is 51.4 Å². The molecular weight excluding hydrogens is 440 g/mol. The molecule has 2 aliphatic carbocycles. The molecule has 0 unspecified atom stereocenters. The van der Waals surface area contributed by atoms with Crippen LogP contribution in [0.2, 0.25) is 0 Å². The monoisotopic (exact) mass is 482 g/mol. The van der Waals surface area contributed by atoms with Crippen LogP contribution in [0.4, 0.5) is 0 Å². The Morgan fingerprint density at radius 1 is 0.515 bits per heavy atom. The summed E-state index contributed by atoms with van der Waals surface area (Å²) in [6, 6.07) is 0. The van der Waals surface area contributed by atoms with Crippen molar-refractivity contribution in [3.63, 3.8) is 0 Å². The molecule has 0 aliphatic heterocycles. The molecule has 2 saturated carbocycles. The molecule has 0 amide bonds. The first kappa shape index (κ1) is 35.2. The van der Waals surface area contributed by atoms with Gasteiger partial charge in [-0.1, -0.05) is 0 Å². The first-order valence-corrected chi connectivity index (χ1v) is 10.9. The van der Waals surface area contributed by atoms with Crippen molar-refractivity contribution in [3.05, 3.63) is 0 Å². The smallest absolute Gasteiger partial charge is 0.198 e. The lowest BCUT2D eigenvalue weighted by Gasteiger charge is -2.29. The minimum Gasteiger partial charge on any atom is -0.550 e. The standard InChI is InChI=1S/2C8H12O4.3CH6N2/c2*9-7(10)5-1-2-6(4-3-5)8(11)12;3*2-1-3/h2*5-6H,1-4H2,(H,9,10)(H,11,12);3*1-3H2. The average Bonchev–Trinajstić information content (AvgIpc) is 2.76. The van der Waals surface area contributed by atoms with Gasteiger partial charge in [-0.3, -0.25) is 11.5 Å². The zero-order valence-corrected chi connectivity index (χ0v) is 19.3. The Morgan fingerprint density at radius 2 is 0.606 bits per heavy atom. The van der Waals surface area contributed by atoms with Crippen LogP contribution in [0.5, 0.6) is 0 Å². The van der Waals surface area contributed by atoms with Gasteiger partial charge in [0.1, 0.15) is 13.3 Å². The summed E-state index contributed by atoms with van der Waals surface area (Å²) < 4.78 is 0. The molecule has 0 heterocycles. The lowest BCUT2D eigenvalue weighted by atomic mass is 9.82. The van der Waals surface area contributed by atoms with Crippen LogP contribution in [0, 0.1) is 23.7 Å². The highest BCUT2D eigenvalue weighted by atomic mass is 16.4. The molecule has 0 aromatic rings. The lowest BCUT2D eigenvalue weighted by molar-refractivity contribution is -0.596. The third-order valence-electron chi connectivity index (χ3n) is 4.79. The minimum absolute atomic E-state index is 0.404. The Kier molecular flexibility index (Phi) is 24.4. The average molecular weight is 483 g/mol. The number of carbonyl (C=O) groups excluding carboxylic acids is 4. The number of aliphatic carboxylic acids is 4. The molecule has 0 atom stereocenters. The Balaban J connectivity index is -0.000000403. The highest BCUT2D eigenvalue weighted by Crippen LogP contribution is 2.28. The maximum Gasteiger partial charge on any atom is 0.198 e. The van der Waals surface area contributed by atoms with Crippen LogP contribution >= 0.6 is 0 Å². The maximum absolute atomic E-state index is 10.4. The van der Waals surface area contributed by atoms with Crippen molar-refractivity contribution in [1.29, 1.82) is 0 Å². The highest BCUT2D eigenvalue weighted by molar-refractivity contribution is 5.71. The van der Waals surface area contributed by atoms with Gasteiger partial charge in [-0.25, -0.2) is 0 Å². The summed E-state index contributed by atoms with van der Waals surface area (Å²) >= 11 is 0. The van der Waals surface area contributed by atoms with E-state index in [0.717, 1.165) is 6.67 Å². The molecule has 0 aromatic heterocycles. The topological polar surface area (TPSA) is 323 Å². The number of carbonyl (C=O) groups is 4. The molecule has 14 nitrogen and oxygen atoms in total. The number of carboxylic acid groups (broad SMARTS) is 4. The summed E-state index contributed by atoms with van der Waals surface area (Å²) in [4.78, 5) is 41.4. The Hall–Kier alpha value is -2.36. The molecular formula is C19H42N6O8. The van der Waals surface area contributed by atoms with Crippen molar-refractivity contribution in [2.24, 2.45) is 35.1 Å². The summed E-state index contributed by atoms with van der Waals surface area (Å²) in [5.41, 5.74) is 22.8. The normalized spacial score (nSPS) is 23.2. The number of nitrogens with two attached hydrogens (primary N) is 2. The van der Waals surface area contributed by atoms with Crippen molar-refractivity contribution in [3.8, 4) is 0 Å². The third kappa shape index (κ3) is 20.0. The van der Waals surface area contributed by atoms with Crippen LogP contribution in [0.25, 0.3) is 0 Å². The lowest BCUT2D eigenvalue weighted by Crippen LogP contribution is -2.74. The summed E-state index contributed by atoms with van der Waals surface area (Å²) in [7, 11) is 0. The Labute approximate surface area is 193 Å². The van der Waals surface area contributed by atoms with E-state index >= 15 is 0 Å². The van der Waals surface area contributed by atoms with Crippen molar-refractivity contribution < 1.29 is 62.5 Å². The van der Waals surface area contributed by atoms with Gasteiger partial charge in [0.2, 0.25) is 0 Å². The van der Waals surface area contributed by atoms with Gasteiger partial charge in [0.05, 0.1) is 0 Å². The first-order chi connectivity index (χ1) is 15.5. The van der Waals surface area contributed by atoms with E-state index in [2.05, 4.69) is 22.9 Å². The minimum atomic E-state index is -1.06. The van der Waals surface area contributed by atoms with Crippen LogP contribution < -0.4 is 54.8 Å². The summed E-state index contributed by atoms with van der Waals surface area (Å²) in [5, 5.41) is 41.4. The van der Waals surface area contributed by atoms with E-state index in [1.165, 1.54) is 0 Å². The molecule has 0 bridgehead atoms. The fourth-order valence-electron chi connectivity index (χ4n) is 3.13. The molecule has 0 radical (unpaired) electrons. The van der Waals surface area contributed by atoms with E-state index in [1.807, 2.05) is 0 Å². The van der Waals surface area contributed by atoms with Crippen molar-refractivity contribution in [1.82, 2.24) is 0 Å². The fourth-order valence-corrected chi connectivity index (χ4v) is 3.13. The number of hydrogen-bond acceptors (Lipinski definition) is 10. The second-order valence-electron chi connectivity index (χ2n) is 7.30. The van der Waals surface area contributed by atoms with Gasteiger partial charge in [0, 0.05) is 23.9 Å². The second kappa shape index (κ2) is 22.8. The predicted molar refractivity (Wildman–Crippen MR) is 105 cm³/mol. The maximum atomic E-state index is 10.4. The molecule has 2 fully saturated rings. The number of quaternary nitrogens is 4. The second-order valence-corrected chi connectivity index (χ2v) is 7.30. The van der Waals surface area contributed by atoms with E-state index in [0.29, 0.717) is 64.7 Å². The SMILES string of the molecule is NC[NH3+].NC[NH3+].O=C([O-])C1CCC(C(=O)[O-])CC1.O=C([O-])C1CCC(C(=O)[O-])CC1.[NH3+]C[NH3+]. The largest absolute Gasteiger partial charge is 0.550 e. The van der Waals surface area contributed by atoms with Gasteiger partial charge in [-0.2, -0.15) is 0 Å². The van der Waals surface area contributed by atoms with Crippen LogP contribution in [0.3, 0.4) is 0 Å². The summed E-state index contributed by atoms with van der Waals surface area (Å²) in [6.45, 7) is 1.75. The van der Waals surface area contributed by atoms with Gasteiger partial charge in [-0.15, -0.1) is 0 Å². The zero-order valence-electron chi connectivity index (χ0n) is 19.3. The molecule has 0 saturated heterocycles. The summed E-state index contributed by atoms with van der Waals surface area (Å²) in [6.07, 6.45) is 3.23. The van der Waals surface area contributed by atoms with Gasteiger partial charge in [0.25, 0.3) is 0 Å². The predicted octanol–water partition coefficient (Wildman–Crippen LogP) is -9.70. The van der Waals surface area contributed by atoms with Crippen LogP contribution in [-0.4, -0.2) is 43.9 Å². The molecule has 0 aromatic carbocycles. The van der Waals surface area contributed by atoms with Crippen molar-refractivity contribution >= 4 is 23.9 Å². The highest BCUT2D eigenvalue weighted by Gasteiger charge is 2.23. The number of rotatable bonds is 4. The molecule has 196 valence electrons. The Bertz CT molecular complexity index is 444. The Morgan fingerprint density at radius 3 is 0.667 bits per heavy atom. The van der Waals surface area contributed by atoms with Crippen molar-refractivity contribution in [2.75, 3.05) is 20.0 Å². The molecule has 0 spiro atoms. The van der Waals surface area contributed by atoms with Crippen LogP contribution in [0.1, 0.15) is 51.4 Å². The van der Waals surface area contributed by atoms with E-state index < -0.39 is 47.5 Å². The molecule has 16 N–H and O–H groups in total. The quantitative estimate of drug-likeness (QED) is 0.205.